The number of hydrogen-bond acceptors (Lipinski definition) is 4. The Labute approximate surface area is 212 Å². The van der Waals surface area contributed by atoms with Gasteiger partial charge in [0, 0.05) is 23.0 Å². The lowest BCUT2D eigenvalue weighted by molar-refractivity contribution is -0.136. The van der Waals surface area contributed by atoms with Crippen LogP contribution < -0.4 is 4.74 Å². The third-order valence-electron chi connectivity index (χ3n) is 6.58. The smallest absolute Gasteiger partial charge is 0.254 e. The summed E-state index contributed by atoms with van der Waals surface area (Å²) in [5, 5.41) is 2.09. The maximum absolute atomic E-state index is 13.6. The zero-order valence-corrected chi connectivity index (χ0v) is 21.8. The van der Waals surface area contributed by atoms with Crippen molar-refractivity contribution in [3.8, 4) is 5.75 Å². The van der Waals surface area contributed by atoms with E-state index in [1.165, 1.54) is 10.4 Å². The Hall–Kier alpha value is -3.12. The molecule has 35 heavy (non-hydrogen) atoms. The SMILES string of the molecule is CC(C)c1ccc(OC[C@H]2c3ccsc3CCN2C(=O)CN(C(=O)c2ccccc2)C(C)C)cc1. The molecule has 5 nitrogen and oxygen atoms in total. The Morgan fingerprint density at radius 3 is 2.40 bits per heavy atom. The summed E-state index contributed by atoms with van der Waals surface area (Å²) < 4.78 is 6.19. The second-order valence-electron chi connectivity index (χ2n) is 9.58. The summed E-state index contributed by atoms with van der Waals surface area (Å²) in [4.78, 5) is 31.6. The molecule has 0 fully saturated rings. The highest BCUT2D eigenvalue weighted by atomic mass is 32.1. The fourth-order valence-electron chi connectivity index (χ4n) is 4.47. The first-order chi connectivity index (χ1) is 16.8. The van der Waals surface area contributed by atoms with Crippen LogP contribution in [0.3, 0.4) is 0 Å². The average Bonchev–Trinajstić information content (AvgIpc) is 3.35. The van der Waals surface area contributed by atoms with E-state index in [4.69, 9.17) is 4.74 Å². The van der Waals surface area contributed by atoms with Gasteiger partial charge >= 0.3 is 0 Å². The number of benzene rings is 2. The minimum atomic E-state index is -0.178. The number of thiophene rings is 1. The van der Waals surface area contributed by atoms with E-state index in [9.17, 15) is 9.59 Å². The molecule has 0 saturated heterocycles. The van der Waals surface area contributed by atoms with Crippen LogP contribution in [0.4, 0.5) is 0 Å². The van der Waals surface area contributed by atoms with E-state index in [-0.39, 0.29) is 30.4 Å². The molecule has 0 bridgehead atoms. The molecule has 0 unspecified atom stereocenters. The first-order valence-electron chi connectivity index (χ1n) is 12.3. The second kappa shape index (κ2) is 11.1. The van der Waals surface area contributed by atoms with Crippen molar-refractivity contribution in [2.75, 3.05) is 19.7 Å². The van der Waals surface area contributed by atoms with Crippen LogP contribution in [0, 0.1) is 0 Å². The molecular formula is C29H34N2O3S. The van der Waals surface area contributed by atoms with Gasteiger partial charge in [-0.25, -0.2) is 0 Å². The summed E-state index contributed by atoms with van der Waals surface area (Å²) in [5.74, 6) is 1.09. The van der Waals surface area contributed by atoms with Crippen molar-refractivity contribution >= 4 is 23.2 Å². The molecule has 1 aliphatic heterocycles. The molecule has 0 N–H and O–H groups in total. The minimum Gasteiger partial charge on any atom is -0.491 e. The normalized spacial score (nSPS) is 15.3. The van der Waals surface area contributed by atoms with Crippen molar-refractivity contribution in [1.29, 1.82) is 0 Å². The standard InChI is InChI=1S/C29H34N2O3S/c1-20(2)22-10-12-24(13-11-22)34-19-26-25-15-17-35-27(25)14-16-30(26)28(32)18-31(21(3)4)29(33)23-8-6-5-7-9-23/h5-13,15,17,20-21,26H,14,16,18-19H2,1-4H3/t26-/m0/s1. The fraction of sp³-hybridized carbons (Fsp3) is 0.379. The minimum absolute atomic E-state index is 0.0461. The monoisotopic (exact) mass is 490 g/mol. The third kappa shape index (κ3) is 5.76. The van der Waals surface area contributed by atoms with Crippen LogP contribution in [0.2, 0.25) is 0 Å². The molecule has 0 aliphatic carbocycles. The van der Waals surface area contributed by atoms with Gasteiger partial charge in [-0.15, -0.1) is 11.3 Å². The van der Waals surface area contributed by atoms with Crippen LogP contribution in [0.25, 0.3) is 0 Å². The summed E-state index contributed by atoms with van der Waals surface area (Å²) in [5.41, 5.74) is 3.01. The number of rotatable bonds is 8. The molecule has 1 aromatic heterocycles. The van der Waals surface area contributed by atoms with Crippen molar-refractivity contribution in [2.45, 2.75) is 52.1 Å². The largest absolute Gasteiger partial charge is 0.491 e. The topological polar surface area (TPSA) is 49.9 Å². The molecule has 2 aromatic carbocycles. The van der Waals surface area contributed by atoms with Gasteiger partial charge in [0.05, 0.1) is 6.04 Å². The summed E-state index contributed by atoms with van der Waals surface area (Å²) in [7, 11) is 0. The first kappa shape index (κ1) is 25.0. The van der Waals surface area contributed by atoms with E-state index in [0.717, 1.165) is 17.7 Å². The van der Waals surface area contributed by atoms with Crippen molar-refractivity contribution < 1.29 is 14.3 Å². The predicted octanol–water partition coefficient (Wildman–Crippen LogP) is 5.93. The number of ether oxygens (including phenoxy) is 1. The zero-order valence-electron chi connectivity index (χ0n) is 20.9. The van der Waals surface area contributed by atoms with Crippen molar-refractivity contribution in [2.24, 2.45) is 0 Å². The van der Waals surface area contributed by atoms with Gasteiger partial charge in [-0.3, -0.25) is 9.59 Å². The van der Waals surface area contributed by atoms with E-state index >= 15 is 0 Å². The average molecular weight is 491 g/mol. The van der Waals surface area contributed by atoms with Gasteiger partial charge in [0.15, 0.2) is 0 Å². The van der Waals surface area contributed by atoms with Crippen molar-refractivity contribution in [1.82, 2.24) is 9.80 Å². The van der Waals surface area contributed by atoms with Gasteiger partial charge in [-0.05, 0) is 73.0 Å². The molecule has 4 rings (SSSR count). The quantitative estimate of drug-likeness (QED) is 0.393. The maximum Gasteiger partial charge on any atom is 0.254 e. The highest BCUT2D eigenvalue weighted by Gasteiger charge is 2.34. The van der Waals surface area contributed by atoms with Crippen molar-refractivity contribution in [3.63, 3.8) is 0 Å². The number of amides is 2. The molecule has 3 aromatic rings. The summed E-state index contributed by atoms with van der Waals surface area (Å²) in [6.07, 6.45) is 0.826. The van der Waals surface area contributed by atoms with Crippen LogP contribution in [0.15, 0.2) is 66.0 Å². The molecule has 2 amide bonds. The Balaban J connectivity index is 1.51. The number of carbonyl (C=O) groups excluding carboxylic acids is 2. The molecule has 0 saturated carbocycles. The summed E-state index contributed by atoms with van der Waals surface area (Å²) >= 11 is 1.73. The Morgan fingerprint density at radius 1 is 1.03 bits per heavy atom. The van der Waals surface area contributed by atoms with Gasteiger partial charge < -0.3 is 14.5 Å². The fourth-order valence-corrected chi connectivity index (χ4v) is 5.40. The lowest BCUT2D eigenvalue weighted by atomic mass is 10.00. The molecule has 1 atom stereocenters. The predicted molar refractivity (Wildman–Crippen MR) is 141 cm³/mol. The zero-order chi connectivity index (χ0) is 24.9. The van der Waals surface area contributed by atoms with Crippen LogP contribution in [-0.4, -0.2) is 47.4 Å². The maximum atomic E-state index is 13.6. The van der Waals surface area contributed by atoms with Gasteiger partial charge in [-0.1, -0.05) is 44.2 Å². The lowest BCUT2D eigenvalue weighted by Crippen LogP contribution is -2.49. The summed E-state index contributed by atoms with van der Waals surface area (Å²) in [6, 6.07) is 19.2. The highest BCUT2D eigenvalue weighted by Crippen LogP contribution is 2.34. The van der Waals surface area contributed by atoms with Crippen LogP contribution in [0.1, 0.15) is 66.0 Å². The lowest BCUT2D eigenvalue weighted by Gasteiger charge is -2.37. The third-order valence-corrected chi connectivity index (χ3v) is 7.58. The van der Waals surface area contributed by atoms with Gasteiger partial charge in [-0.2, -0.15) is 0 Å². The molecule has 1 aliphatic rings. The Morgan fingerprint density at radius 2 is 1.74 bits per heavy atom. The first-order valence-corrected chi connectivity index (χ1v) is 13.2. The molecule has 6 heteroatoms. The van der Waals surface area contributed by atoms with Crippen LogP contribution in [0.5, 0.6) is 5.75 Å². The van der Waals surface area contributed by atoms with Gasteiger partial charge in [0.1, 0.15) is 18.9 Å². The molecule has 0 spiro atoms. The number of fused-ring (bicyclic) bond motifs is 1. The Bertz CT molecular complexity index is 1140. The second-order valence-corrected chi connectivity index (χ2v) is 10.6. The van der Waals surface area contributed by atoms with E-state index in [1.54, 1.807) is 28.4 Å². The van der Waals surface area contributed by atoms with Gasteiger partial charge in [0.25, 0.3) is 5.91 Å². The molecule has 2 heterocycles. The van der Waals surface area contributed by atoms with Crippen LogP contribution in [-0.2, 0) is 11.2 Å². The van der Waals surface area contributed by atoms with Crippen LogP contribution >= 0.6 is 11.3 Å². The van der Waals surface area contributed by atoms with Gasteiger partial charge in [0.2, 0.25) is 5.91 Å². The van der Waals surface area contributed by atoms with Crippen molar-refractivity contribution in [3.05, 3.63) is 87.6 Å². The molecular weight excluding hydrogens is 456 g/mol. The van der Waals surface area contributed by atoms with E-state index in [2.05, 4.69) is 37.4 Å². The number of hydrogen-bond donors (Lipinski definition) is 0. The highest BCUT2D eigenvalue weighted by molar-refractivity contribution is 7.10. The molecule has 184 valence electrons. The van der Waals surface area contributed by atoms with E-state index in [1.807, 2.05) is 49.1 Å². The number of carbonyl (C=O) groups is 2. The number of nitrogens with zero attached hydrogens (tertiary/aromatic N) is 2. The Kier molecular flexibility index (Phi) is 7.91. The van der Waals surface area contributed by atoms with E-state index < -0.39 is 0 Å². The summed E-state index contributed by atoms with van der Waals surface area (Å²) in [6.45, 7) is 9.28. The molecule has 0 radical (unpaired) electrons. The van der Waals surface area contributed by atoms with E-state index in [0.29, 0.717) is 24.6 Å².